The summed E-state index contributed by atoms with van der Waals surface area (Å²) in [7, 11) is 0. The van der Waals surface area contributed by atoms with E-state index in [1.807, 2.05) is 45.9 Å². The normalized spacial score (nSPS) is 11.9. The molecule has 122 valence electrons. The van der Waals surface area contributed by atoms with Crippen LogP contribution in [0.25, 0.3) is 0 Å². The first-order valence-corrected chi connectivity index (χ1v) is 7.67. The van der Waals surface area contributed by atoms with Gasteiger partial charge in [-0.05, 0) is 39.3 Å². The molecule has 0 heterocycles. The van der Waals surface area contributed by atoms with Gasteiger partial charge in [0.15, 0.2) is 0 Å². The number of ether oxygens (including phenoxy) is 1. The third-order valence-corrected chi connectivity index (χ3v) is 3.37. The van der Waals surface area contributed by atoms with E-state index in [-0.39, 0.29) is 30.5 Å². The molecule has 0 saturated carbocycles. The SMILES string of the molecule is CCC(C)N(CC(=O)Nc1ccccc1OC(C)C)C(C)=O. The van der Waals surface area contributed by atoms with Crippen molar-refractivity contribution in [2.24, 2.45) is 0 Å². The molecule has 0 radical (unpaired) electrons. The molecule has 1 aromatic carbocycles. The van der Waals surface area contributed by atoms with Crippen LogP contribution in [0.15, 0.2) is 24.3 Å². The van der Waals surface area contributed by atoms with Gasteiger partial charge in [-0.25, -0.2) is 0 Å². The smallest absolute Gasteiger partial charge is 0.244 e. The van der Waals surface area contributed by atoms with Gasteiger partial charge in [0.2, 0.25) is 11.8 Å². The fraction of sp³-hybridized carbons (Fsp3) is 0.529. The predicted octanol–water partition coefficient (Wildman–Crippen LogP) is 3.06. The zero-order chi connectivity index (χ0) is 16.7. The summed E-state index contributed by atoms with van der Waals surface area (Å²) in [4.78, 5) is 25.5. The van der Waals surface area contributed by atoms with Gasteiger partial charge in [0.05, 0.1) is 11.8 Å². The van der Waals surface area contributed by atoms with Gasteiger partial charge < -0.3 is 15.0 Å². The second kappa shape index (κ2) is 8.41. The Morgan fingerprint density at radius 2 is 1.86 bits per heavy atom. The minimum Gasteiger partial charge on any atom is -0.489 e. The Kier molecular flexibility index (Phi) is 6.89. The van der Waals surface area contributed by atoms with E-state index in [0.29, 0.717) is 11.4 Å². The zero-order valence-electron chi connectivity index (χ0n) is 14.1. The molecule has 1 aromatic rings. The molecule has 1 unspecified atom stereocenters. The fourth-order valence-corrected chi connectivity index (χ4v) is 2.07. The molecule has 0 aliphatic carbocycles. The Morgan fingerprint density at radius 3 is 2.41 bits per heavy atom. The van der Waals surface area contributed by atoms with Gasteiger partial charge in [-0.3, -0.25) is 9.59 Å². The third kappa shape index (κ3) is 5.39. The average Bonchev–Trinajstić information content (AvgIpc) is 2.45. The van der Waals surface area contributed by atoms with Crippen LogP contribution in [0.4, 0.5) is 5.69 Å². The molecule has 0 aliphatic rings. The lowest BCUT2D eigenvalue weighted by molar-refractivity contribution is -0.134. The van der Waals surface area contributed by atoms with Gasteiger partial charge in [-0.2, -0.15) is 0 Å². The van der Waals surface area contributed by atoms with Gasteiger partial charge in [0.25, 0.3) is 0 Å². The minimum atomic E-state index is -0.227. The maximum Gasteiger partial charge on any atom is 0.244 e. The van der Waals surface area contributed by atoms with Crippen molar-refractivity contribution < 1.29 is 14.3 Å². The van der Waals surface area contributed by atoms with Crippen molar-refractivity contribution in [3.63, 3.8) is 0 Å². The molecule has 1 atom stereocenters. The van der Waals surface area contributed by atoms with Gasteiger partial charge in [-0.15, -0.1) is 0 Å². The van der Waals surface area contributed by atoms with Gasteiger partial charge in [0, 0.05) is 13.0 Å². The minimum absolute atomic E-state index is 0.0203. The first-order chi connectivity index (χ1) is 10.3. The number of carbonyl (C=O) groups excluding carboxylic acids is 2. The average molecular weight is 306 g/mol. The molecule has 1 rings (SSSR count). The van der Waals surface area contributed by atoms with E-state index >= 15 is 0 Å². The Balaban J connectivity index is 2.78. The van der Waals surface area contributed by atoms with E-state index in [2.05, 4.69) is 5.32 Å². The summed E-state index contributed by atoms with van der Waals surface area (Å²) in [5, 5.41) is 2.82. The van der Waals surface area contributed by atoms with E-state index in [1.54, 1.807) is 11.0 Å². The first-order valence-electron chi connectivity index (χ1n) is 7.67. The highest BCUT2D eigenvalue weighted by Gasteiger charge is 2.19. The number of anilines is 1. The van der Waals surface area contributed by atoms with E-state index < -0.39 is 0 Å². The highest BCUT2D eigenvalue weighted by atomic mass is 16.5. The van der Waals surface area contributed by atoms with Crippen LogP contribution < -0.4 is 10.1 Å². The number of rotatable bonds is 7. The summed E-state index contributed by atoms with van der Waals surface area (Å²) >= 11 is 0. The van der Waals surface area contributed by atoms with Crippen molar-refractivity contribution in [3.8, 4) is 5.75 Å². The Morgan fingerprint density at radius 1 is 1.23 bits per heavy atom. The maximum absolute atomic E-state index is 12.2. The van der Waals surface area contributed by atoms with Crippen molar-refractivity contribution in [2.45, 2.75) is 53.2 Å². The van der Waals surface area contributed by atoms with Crippen LogP contribution in [0.2, 0.25) is 0 Å². The molecule has 0 aromatic heterocycles. The van der Waals surface area contributed by atoms with Gasteiger partial charge >= 0.3 is 0 Å². The standard InChI is InChI=1S/C17H26N2O3/c1-6-13(4)19(14(5)20)11-17(21)18-15-9-7-8-10-16(15)22-12(2)3/h7-10,12-13H,6,11H2,1-5H3,(H,18,21). The summed E-state index contributed by atoms with van der Waals surface area (Å²) in [5.74, 6) is 0.301. The quantitative estimate of drug-likeness (QED) is 0.842. The first kappa shape index (κ1) is 18.0. The summed E-state index contributed by atoms with van der Waals surface area (Å²) < 4.78 is 5.67. The highest BCUT2D eigenvalue weighted by Crippen LogP contribution is 2.24. The lowest BCUT2D eigenvalue weighted by atomic mass is 10.2. The molecule has 2 amide bonds. The number of amides is 2. The largest absolute Gasteiger partial charge is 0.489 e. The van der Waals surface area contributed by atoms with Crippen LogP contribution in [0, 0.1) is 0 Å². The van der Waals surface area contributed by atoms with E-state index in [9.17, 15) is 9.59 Å². The molecular formula is C17H26N2O3. The monoisotopic (exact) mass is 306 g/mol. The van der Waals surface area contributed by atoms with Crippen LogP contribution in [-0.2, 0) is 9.59 Å². The molecule has 5 heteroatoms. The van der Waals surface area contributed by atoms with Crippen LogP contribution in [-0.4, -0.2) is 35.4 Å². The van der Waals surface area contributed by atoms with Crippen molar-refractivity contribution in [2.75, 3.05) is 11.9 Å². The summed E-state index contributed by atoms with van der Waals surface area (Å²) in [5.41, 5.74) is 0.619. The molecule has 0 aliphatic heterocycles. The van der Waals surface area contributed by atoms with Crippen molar-refractivity contribution >= 4 is 17.5 Å². The number of carbonyl (C=O) groups is 2. The van der Waals surface area contributed by atoms with Gasteiger partial charge in [-0.1, -0.05) is 19.1 Å². The van der Waals surface area contributed by atoms with E-state index in [4.69, 9.17) is 4.74 Å². The van der Waals surface area contributed by atoms with Crippen LogP contribution in [0.3, 0.4) is 0 Å². The third-order valence-electron chi connectivity index (χ3n) is 3.37. The van der Waals surface area contributed by atoms with Crippen molar-refractivity contribution in [1.82, 2.24) is 4.90 Å². The molecular weight excluding hydrogens is 280 g/mol. The number of benzene rings is 1. The summed E-state index contributed by atoms with van der Waals surface area (Å²) in [6.45, 7) is 9.31. The number of nitrogens with zero attached hydrogens (tertiary/aromatic N) is 1. The van der Waals surface area contributed by atoms with Gasteiger partial charge in [0.1, 0.15) is 12.3 Å². The Hall–Kier alpha value is -2.04. The molecule has 0 fully saturated rings. The summed E-state index contributed by atoms with van der Waals surface area (Å²) in [6.07, 6.45) is 0.826. The molecule has 22 heavy (non-hydrogen) atoms. The molecule has 0 saturated heterocycles. The number of hydrogen-bond donors (Lipinski definition) is 1. The molecule has 1 N–H and O–H groups in total. The van der Waals surface area contributed by atoms with Crippen molar-refractivity contribution in [3.05, 3.63) is 24.3 Å². The summed E-state index contributed by atoms with van der Waals surface area (Å²) in [6, 6.07) is 7.32. The predicted molar refractivity (Wildman–Crippen MR) is 88.0 cm³/mol. The van der Waals surface area contributed by atoms with E-state index in [1.165, 1.54) is 6.92 Å². The zero-order valence-corrected chi connectivity index (χ0v) is 14.1. The number of para-hydroxylation sites is 2. The Bertz CT molecular complexity index is 514. The van der Waals surface area contributed by atoms with Crippen LogP contribution in [0.5, 0.6) is 5.75 Å². The second-order valence-electron chi connectivity index (χ2n) is 5.62. The fourth-order valence-electron chi connectivity index (χ4n) is 2.07. The van der Waals surface area contributed by atoms with E-state index in [0.717, 1.165) is 6.42 Å². The number of nitrogens with one attached hydrogen (secondary N) is 1. The second-order valence-corrected chi connectivity index (χ2v) is 5.62. The van der Waals surface area contributed by atoms with Crippen molar-refractivity contribution in [1.29, 1.82) is 0 Å². The lowest BCUT2D eigenvalue weighted by Gasteiger charge is -2.26. The molecule has 0 bridgehead atoms. The topological polar surface area (TPSA) is 58.6 Å². The number of hydrogen-bond acceptors (Lipinski definition) is 3. The lowest BCUT2D eigenvalue weighted by Crippen LogP contribution is -2.42. The Labute approximate surface area is 132 Å². The molecule has 0 spiro atoms. The van der Waals surface area contributed by atoms with Crippen LogP contribution in [0.1, 0.15) is 41.0 Å². The maximum atomic E-state index is 12.2. The molecule has 5 nitrogen and oxygen atoms in total. The van der Waals surface area contributed by atoms with Crippen LogP contribution >= 0.6 is 0 Å². The highest BCUT2D eigenvalue weighted by molar-refractivity contribution is 5.95.